The minimum Gasteiger partial charge on any atom is -0.444 e. The van der Waals surface area contributed by atoms with Crippen molar-refractivity contribution in [3.8, 4) is 0 Å². The molecule has 0 atom stereocenters. The lowest BCUT2D eigenvalue weighted by Crippen LogP contribution is -2.32. The summed E-state index contributed by atoms with van der Waals surface area (Å²) >= 11 is 2.09. The zero-order valence-corrected chi connectivity index (χ0v) is 12.2. The van der Waals surface area contributed by atoms with Crippen molar-refractivity contribution in [1.82, 2.24) is 5.32 Å². The van der Waals surface area contributed by atoms with Crippen LogP contribution in [-0.2, 0) is 11.3 Å². The molecule has 17 heavy (non-hydrogen) atoms. The number of amides is 1. The maximum Gasteiger partial charge on any atom is 0.407 e. The van der Waals surface area contributed by atoms with Gasteiger partial charge in [0.1, 0.15) is 11.4 Å². The van der Waals surface area contributed by atoms with Gasteiger partial charge in [-0.2, -0.15) is 0 Å². The molecule has 0 bridgehead atoms. The van der Waals surface area contributed by atoms with Crippen molar-refractivity contribution >= 4 is 28.7 Å². The molecule has 0 heterocycles. The second kappa shape index (κ2) is 5.66. The van der Waals surface area contributed by atoms with Crippen LogP contribution in [0.5, 0.6) is 0 Å². The first-order valence-corrected chi connectivity index (χ1v) is 6.26. The number of alkyl carbamates (subject to hydrolysis) is 1. The predicted molar refractivity (Wildman–Crippen MR) is 72.2 cm³/mol. The summed E-state index contributed by atoms with van der Waals surface area (Å²) in [6.07, 6.45) is -0.502. The summed E-state index contributed by atoms with van der Waals surface area (Å²) in [4.78, 5) is 11.4. The molecule has 0 aliphatic carbocycles. The Morgan fingerprint density at radius 3 is 2.71 bits per heavy atom. The maximum absolute atomic E-state index is 13.0. The van der Waals surface area contributed by atoms with Gasteiger partial charge in [-0.25, -0.2) is 9.18 Å². The van der Waals surface area contributed by atoms with Gasteiger partial charge < -0.3 is 10.1 Å². The summed E-state index contributed by atoms with van der Waals surface area (Å²) in [6, 6.07) is 4.46. The van der Waals surface area contributed by atoms with E-state index in [4.69, 9.17) is 4.74 Å². The second-order valence-corrected chi connectivity index (χ2v) is 5.75. The smallest absolute Gasteiger partial charge is 0.407 e. The molecule has 5 heteroatoms. The number of hydrogen-bond donors (Lipinski definition) is 1. The van der Waals surface area contributed by atoms with Crippen LogP contribution in [0.4, 0.5) is 9.18 Å². The van der Waals surface area contributed by atoms with Gasteiger partial charge in [0.15, 0.2) is 0 Å². The van der Waals surface area contributed by atoms with E-state index in [1.54, 1.807) is 26.8 Å². The number of carbonyl (C=O) groups is 1. The van der Waals surface area contributed by atoms with Gasteiger partial charge in [0, 0.05) is 10.1 Å². The first-order chi connectivity index (χ1) is 7.78. The quantitative estimate of drug-likeness (QED) is 0.829. The van der Waals surface area contributed by atoms with Crippen LogP contribution in [0, 0.1) is 9.39 Å². The molecule has 0 aromatic heterocycles. The van der Waals surface area contributed by atoms with Gasteiger partial charge in [0.05, 0.1) is 0 Å². The van der Waals surface area contributed by atoms with E-state index in [-0.39, 0.29) is 12.4 Å². The van der Waals surface area contributed by atoms with E-state index >= 15 is 0 Å². The molecule has 0 aliphatic rings. The largest absolute Gasteiger partial charge is 0.444 e. The molecule has 0 aliphatic heterocycles. The lowest BCUT2D eigenvalue weighted by atomic mass is 10.2. The van der Waals surface area contributed by atoms with Crippen molar-refractivity contribution in [3.63, 3.8) is 0 Å². The van der Waals surface area contributed by atoms with Crippen LogP contribution in [0.15, 0.2) is 18.2 Å². The topological polar surface area (TPSA) is 38.3 Å². The van der Waals surface area contributed by atoms with E-state index in [0.717, 1.165) is 9.13 Å². The third-order valence-corrected chi connectivity index (χ3v) is 2.88. The lowest BCUT2D eigenvalue weighted by molar-refractivity contribution is 0.0523. The van der Waals surface area contributed by atoms with Gasteiger partial charge in [0.2, 0.25) is 0 Å². The zero-order valence-electron chi connectivity index (χ0n) is 10.0. The van der Waals surface area contributed by atoms with Crippen LogP contribution in [0.25, 0.3) is 0 Å². The highest BCUT2D eigenvalue weighted by atomic mass is 127. The molecule has 1 aromatic carbocycles. The minimum absolute atomic E-state index is 0.255. The number of hydrogen-bond acceptors (Lipinski definition) is 2. The lowest BCUT2D eigenvalue weighted by Gasteiger charge is -2.19. The van der Waals surface area contributed by atoms with Gasteiger partial charge in [0.25, 0.3) is 0 Å². The first-order valence-electron chi connectivity index (χ1n) is 5.19. The van der Waals surface area contributed by atoms with Crippen LogP contribution in [0.3, 0.4) is 0 Å². The molecule has 3 nitrogen and oxygen atoms in total. The van der Waals surface area contributed by atoms with Crippen molar-refractivity contribution in [3.05, 3.63) is 33.1 Å². The van der Waals surface area contributed by atoms with E-state index < -0.39 is 11.7 Å². The zero-order chi connectivity index (χ0) is 13.1. The van der Waals surface area contributed by atoms with Crippen LogP contribution in [0.1, 0.15) is 26.3 Å². The number of benzene rings is 1. The SMILES string of the molecule is CC(C)(C)OC(=O)NCc1cc(F)ccc1I. The molecule has 0 saturated carbocycles. The molecule has 1 amide bonds. The molecule has 0 radical (unpaired) electrons. The van der Waals surface area contributed by atoms with Gasteiger partial charge >= 0.3 is 6.09 Å². The van der Waals surface area contributed by atoms with E-state index in [1.165, 1.54) is 12.1 Å². The Bertz CT molecular complexity index is 415. The fourth-order valence-corrected chi connectivity index (χ4v) is 1.69. The molecule has 0 unspecified atom stereocenters. The minimum atomic E-state index is -0.529. The maximum atomic E-state index is 13.0. The van der Waals surface area contributed by atoms with Crippen molar-refractivity contribution in [2.75, 3.05) is 0 Å². The summed E-state index contributed by atoms with van der Waals surface area (Å²) < 4.78 is 19.0. The van der Waals surface area contributed by atoms with E-state index in [2.05, 4.69) is 27.9 Å². The molecular weight excluding hydrogens is 336 g/mol. The number of nitrogens with one attached hydrogen (secondary N) is 1. The normalized spacial score (nSPS) is 11.1. The summed E-state index contributed by atoms with van der Waals surface area (Å²) in [7, 11) is 0. The fourth-order valence-electron chi connectivity index (χ4n) is 1.16. The van der Waals surface area contributed by atoms with Crippen LogP contribution >= 0.6 is 22.6 Å². The predicted octanol–water partition coefficient (Wildman–Crippen LogP) is 3.46. The van der Waals surface area contributed by atoms with Gasteiger partial charge in [-0.3, -0.25) is 0 Å². The van der Waals surface area contributed by atoms with E-state index in [1.807, 2.05) is 0 Å². The van der Waals surface area contributed by atoms with E-state index in [9.17, 15) is 9.18 Å². The Hall–Kier alpha value is -0.850. The molecule has 0 fully saturated rings. The number of ether oxygens (including phenoxy) is 1. The van der Waals surface area contributed by atoms with Crippen LogP contribution in [0.2, 0.25) is 0 Å². The van der Waals surface area contributed by atoms with Crippen molar-refractivity contribution in [1.29, 1.82) is 0 Å². The standard InChI is InChI=1S/C12H15FINO2/c1-12(2,3)17-11(16)15-7-8-6-9(13)4-5-10(8)14/h4-6H,7H2,1-3H3,(H,15,16). The monoisotopic (exact) mass is 351 g/mol. The van der Waals surface area contributed by atoms with E-state index in [0.29, 0.717) is 0 Å². The van der Waals surface area contributed by atoms with Crippen molar-refractivity contribution in [2.24, 2.45) is 0 Å². The molecular formula is C12H15FINO2. The summed E-state index contributed by atoms with van der Waals surface area (Å²) in [6.45, 7) is 5.63. The highest BCUT2D eigenvalue weighted by Gasteiger charge is 2.16. The highest BCUT2D eigenvalue weighted by Crippen LogP contribution is 2.14. The Balaban J connectivity index is 2.56. The molecule has 1 rings (SSSR count). The third-order valence-electron chi connectivity index (χ3n) is 1.83. The summed E-state index contributed by atoms with van der Waals surface area (Å²) in [5, 5.41) is 2.59. The first kappa shape index (κ1) is 14.2. The molecule has 0 saturated heterocycles. The highest BCUT2D eigenvalue weighted by molar-refractivity contribution is 14.1. The van der Waals surface area contributed by atoms with Crippen LogP contribution in [-0.4, -0.2) is 11.7 Å². The van der Waals surface area contributed by atoms with Crippen molar-refractivity contribution in [2.45, 2.75) is 32.9 Å². The Morgan fingerprint density at radius 2 is 2.12 bits per heavy atom. The van der Waals surface area contributed by atoms with Crippen LogP contribution < -0.4 is 5.32 Å². The summed E-state index contributed by atoms with van der Waals surface area (Å²) in [5.74, 6) is -0.314. The number of carbonyl (C=O) groups excluding carboxylic acids is 1. The fraction of sp³-hybridized carbons (Fsp3) is 0.417. The van der Waals surface area contributed by atoms with Gasteiger partial charge in [-0.15, -0.1) is 0 Å². The van der Waals surface area contributed by atoms with Crippen molar-refractivity contribution < 1.29 is 13.9 Å². The van der Waals surface area contributed by atoms with Gasteiger partial charge in [-0.1, -0.05) is 0 Å². The second-order valence-electron chi connectivity index (χ2n) is 4.59. The molecule has 94 valence electrons. The Kier molecular flexibility index (Phi) is 4.73. The Morgan fingerprint density at radius 1 is 1.47 bits per heavy atom. The molecule has 0 spiro atoms. The molecule has 1 N–H and O–H groups in total. The average molecular weight is 351 g/mol. The number of rotatable bonds is 2. The Labute approximate surface area is 114 Å². The number of halogens is 2. The summed E-state index contributed by atoms with van der Waals surface area (Å²) in [5.41, 5.74) is 0.204. The molecule has 1 aromatic rings. The van der Waals surface area contributed by atoms with Gasteiger partial charge in [-0.05, 0) is 67.1 Å². The third kappa shape index (κ3) is 5.34. The average Bonchev–Trinajstić information content (AvgIpc) is 2.17.